The molecule has 0 aliphatic carbocycles. The third-order valence-corrected chi connectivity index (χ3v) is 5.69. The Hall–Kier alpha value is -2.64. The number of hydrogen-bond donors (Lipinski definition) is 2. The average molecular weight is 510 g/mol. The second kappa shape index (κ2) is 8.86. The van der Waals surface area contributed by atoms with Crippen molar-refractivity contribution >= 4 is 28.5 Å². The largest absolute Gasteiger partial charge is 0.451 e. The Morgan fingerprint density at radius 2 is 1.79 bits per heavy atom. The van der Waals surface area contributed by atoms with Gasteiger partial charge in [-0.3, -0.25) is 0 Å². The lowest BCUT2D eigenvalue weighted by atomic mass is 9.94. The highest BCUT2D eigenvalue weighted by Gasteiger charge is 2.43. The van der Waals surface area contributed by atoms with E-state index >= 15 is 0 Å². The fourth-order valence-corrected chi connectivity index (χ4v) is 4.26. The van der Waals surface area contributed by atoms with Crippen LogP contribution in [0.3, 0.4) is 0 Å². The van der Waals surface area contributed by atoms with Crippen LogP contribution in [-0.2, 0) is 23.5 Å². The van der Waals surface area contributed by atoms with Gasteiger partial charge in [0.1, 0.15) is 0 Å². The fourth-order valence-electron chi connectivity index (χ4n) is 4.09. The first-order valence-electron chi connectivity index (χ1n) is 10.0. The molecule has 3 aromatic rings. The number of methoxy groups -OCH3 is 1. The van der Waals surface area contributed by atoms with E-state index < -0.39 is 42.1 Å². The third kappa shape index (κ3) is 4.77. The summed E-state index contributed by atoms with van der Waals surface area (Å²) in [6, 6.07) is 4.21. The number of rotatable bonds is 5. The Morgan fingerprint density at radius 1 is 1.15 bits per heavy atom. The molecule has 0 saturated carbocycles. The van der Waals surface area contributed by atoms with Crippen LogP contribution in [0.5, 0.6) is 0 Å². The Morgan fingerprint density at radius 3 is 2.38 bits per heavy atom. The van der Waals surface area contributed by atoms with Crippen molar-refractivity contribution in [2.75, 3.05) is 25.2 Å². The lowest BCUT2D eigenvalue weighted by Gasteiger charge is -2.37. The number of aromatic nitrogens is 4. The zero-order valence-electron chi connectivity index (χ0n) is 17.5. The highest BCUT2D eigenvalue weighted by atomic mass is 35.5. The van der Waals surface area contributed by atoms with E-state index in [4.69, 9.17) is 16.3 Å². The topological polar surface area (TPSA) is 87.2 Å². The molecule has 14 heteroatoms. The smallest absolute Gasteiger partial charge is 0.391 e. The van der Waals surface area contributed by atoms with E-state index in [1.807, 2.05) is 0 Å². The van der Waals surface area contributed by atoms with Crippen molar-refractivity contribution in [2.45, 2.75) is 37.3 Å². The number of aliphatic hydroxyl groups excluding tert-OH is 1. The number of aliphatic hydroxyl groups is 1. The number of fused-ring (bicyclic) bond motifs is 3. The molecule has 0 unspecified atom stereocenters. The quantitative estimate of drug-likeness (QED) is 0.491. The normalized spacial score (nSPS) is 17.8. The number of halogens is 7. The molecule has 4 rings (SSSR count). The Kier molecular flexibility index (Phi) is 6.38. The van der Waals surface area contributed by atoms with Crippen LogP contribution in [0, 0.1) is 0 Å². The maximum absolute atomic E-state index is 13.3. The molecular weight excluding hydrogens is 492 g/mol. The van der Waals surface area contributed by atoms with Gasteiger partial charge < -0.3 is 19.7 Å². The van der Waals surface area contributed by atoms with Gasteiger partial charge in [0.25, 0.3) is 0 Å². The van der Waals surface area contributed by atoms with E-state index in [-0.39, 0.29) is 26.0 Å². The van der Waals surface area contributed by atoms with Crippen molar-refractivity contribution in [2.24, 2.45) is 0 Å². The molecule has 1 aromatic carbocycles. The number of H-pyrrole nitrogens is 1. The van der Waals surface area contributed by atoms with E-state index in [1.165, 1.54) is 12.0 Å². The molecule has 0 fully saturated rings. The molecule has 0 amide bonds. The second-order valence-corrected chi connectivity index (χ2v) is 8.23. The van der Waals surface area contributed by atoms with Crippen molar-refractivity contribution in [3.8, 4) is 0 Å². The number of benzene rings is 1. The van der Waals surface area contributed by atoms with Gasteiger partial charge in [-0.05, 0) is 30.2 Å². The van der Waals surface area contributed by atoms with Crippen LogP contribution in [0.4, 0.5) is 32.3 Å². The summed E-state index contributed by atoms with van der Waals surface area (Å²) < 4.78 is 84.8. The maximum atomic E-state index is 13.3. The van der Waals surface area contributed by atoms with Crippen molar-refractivity contribution in [1.82, 2.24) is 19.9 Å². The first kappa shape index (κ1) is 24.5. The molecule has 3 heterocycles. The standard InChI is InChI=1S/C20H18ClF6N5O2/c1-34-8-10(33)7-14-15-11(12-6-9(21)2-3-13(12)28-15)4-5-32(14)18-30-16(19(22,23)24)29-17(31-18)20(25,26)27/h2-3,6,10,14,28,33H,4-5,7-8H2,1H3/t10-,14+/m1/s1. The maximum Gasteiger partial charge on any atom is 0.451 e. The van der Waals surface area contributed by atoms with E-state index in [0.717, 1.165) is 10.9 Å². The molecular formula is C20H18ClF6N5O2. The highest BCUT2D eigenvalue weighted by molar-refractivity contribution is 6.31. The van der Waals surface area contributed by atoms with Crippen molar-refractivity contribution < 1.29 is 36.2 Å². The zero-order chi connectivity index (χ0) is 24.8. The lowest BCUT2D eigenvalue weighted by molar-refractivity contribution is -0.155. The van der Waals surface area contributed by atoms with Crippen molar-refractivity contribution in [3.63, 3.8) is 0 Å². The predicted octanol–water partition coefficient (Wildman–Crippen LogP) is 4.55. The van der Waals surface area contributed by atoms with Crippen LogP contribution >= 0.6 is 11.6 Å². The number of nitrogens with one attached hydrogen (secondary N) is 1. The molecule has 2 N–H and O–H groups in total. The van der Waals surface area contributed by atoms with Crippen molar-refractivity contribution in [3.05, 3.63) is 46.1 Å². The summed E-state index contributed by atoms with van der Waals surface area (Å²) in [4.78, 5) is 13.6. The molecule has 1 aliphatic rings. The van der Waals surface area contributed by atoms with Gasteiger partial charge in [0.2, 0.25) is 17.6 Å². The number of hydrogen-bond acceptors (Lipinski definition) is 6. The molecule has 184 valence electrons. The number of ether oxygens (including phenoxy) is 1. The summed E-state index contributed by atoms with van der Waals surface area (Å²) in [7, 11) is 1.36. The molecule has 0 bridgehead atoms. The summed E-state index contributed by atoms with van der Waals surface area (Å²) in [6.07, 6.45) is -11.3. The molecule has 1 aliphatic heterocycles. The van der Waals surface area contributed by atoms with Gasteiger partial charge in [0.05, 0.1) is 18.8 Å². The number of alkyl halides is 6. The third-order valence-electron chi connectivity index (χ3n) is 5.46. The molecule has 0 saturated heterocycles. The molecule has 0 spiro atoms. The van der Waals surface area contributed by atoms with E-state index in [9.17, 15) is 31.4 Å². The summed E-state index contributed by atoms with van der Waals surface area (Å²) in [6.45, 7) is -0.0972. The minimum atomic E-state index is -5.22. The van der Waals surface area contributed by atoms with Crippen LogP contribution in [0.2, 0.25) is 5.02 Å². The van der Waals surface area contributed by atoms with Crippen LogP contribution in [0.1, 0.15) is 35.4 Å². The Labute approximate surface area is 193 Å². The highest BCUT2D eigenvalue weighted by Crippen LogP contribution is 2.40. The molecule has 34 heavy (non-hydrogen) atoms. The van der Waals surface area contributed by atoms with Crippen LogP contribution < -0.4 is 4.90 Å². The Balaban J connectivity index is 1.86. The first-order valence-corrected chi connectivity index (χ1v) is 10.4. The second-order valence-electron chi connectivity index (χ2n) is 7.79. The van der Waals surface area contributed by atoms with Crippen LogP contribution in [-0.4, -0.2) is 51.4 Å². The van der Waals surface area contributed by atoms with Gasteiger partial charge >= 0.3 is 12.4 Å². The summed E-state index contributed by atoms with van der Waals surface area (Å²) in [5.41, 5.74) is 2.00. The van der Waals surface area contributed by atoms with Gasteiger partial charge in [-0.15, -0.1) is 0 Å². The number of nitrogens with zero attached hydrogens (tertiary/aromatic N) is 4. The summed E-state index contributed by atoms with van der Waals surface area (Å²) in [5, 5.41) is 11.6. The summed E-state index contributed by atoms with van der Waals surface area (Å²) >= 11 is 6.10. The fraction of sp³-hybridized carbons (Fsp3) is 0.450. The Bertz CT molecular complexity index is 1170. The van der Waals surface area contributed by atoms with Gasteiger partial charge in [0, 0.05) is 41.7 Å². The van der Waals surface area contributed by atoms with Crippen LogP contribution in [0.15, 0.2) is 18.2 Å². The van der Waals surface area contributed by atoms with Gasteiger partial charge in [-0.2, -0.15) is 36.3 Å². The lowest BCUT2D eigenvalue weighted by Crippen LogP contribution is -2.40. The predicted molar refractivity (Wildman–Crippen MR) is 109 cm³/mol. The minimum Gasteiger partial charge on any atom is -0.391 e. The molecule has 0 radical (unpaired) electrons. The van der Waals surface area contributed by atoms with Gasteiger partial charge in [-0.1, -0.05) is 11.6 Å². The average Bonchev–Trinajstić information content (AvgIpc) is 3.11. The van der Waals surface area contributed by atoms with Crippen LogP contribution in [0.25, 0.3) is 10.9 Å². The molecule has 2 atom stereocenters. The van der Waals surface area contributed by atoms with Crippen molar-refractivity contribution in [1.29, 1.82) is 0 Å². The van der Waals surface area contributed by atoms with E-state index in [2.05, 4.69) is 19.9 Å². The summed E-state index contributed by atoms with van der Waals surface area (Å²) in [5.74, 6) is -4.68. The number of aromatic amines is 1. The van der Waals surface area contributed by atoms with E-state index in [1.54, 1.807) is 18.2 Å². The molecule has 2 aromatic heterocycles. The zero-order valence-corrected chi connectivity index (χ0v) is 18.3. The molecule has 7 nitrogen and oxygen atoms in total. The monoisotopic (exact) mass is 509 g/mol. The van der Waals surface area contributed by atoms with Gasteiger partial charge in [-0.25, -0.2) is 4.98 Å². The number of anilines is 1. The van der Waals surface area contributed by atoms with Gasteiger partial charge in [0.15, 0.2) is 0 Å². The SMILES string of the molecule is COC[C@H](O)C[C@H]1c2[nH]c3ccc(Cl)cc3c2CCN1c1nc(C(F)(F)F)nc(C(F)(F)F)n1. The minimum absolute atomic E-state index is 0.00452. The van der Waals surface area contributed by atoms with E-state index in [0.29, 0.717) is 16.2 Å². The first-order chi connectivity index (χ1) is 15.9.